The molecule has 3 heteroatoms. The van der Waals surface area contributed by atoms with Crippen LogP contribution in [0.25, 0.3) is 0 Å². The SMILES string of the molecule is CC#CCCOCCCCCCc1cscn1. The lowest BCUT2D eigenvalue weighted by atomic mass is 10.1. The number of aromatic nitrogens is 1. The molecule has 0 atom stereocenters. The minimum atomic E-state index is 0.777. The van der Waals surface area contributed by atoms with Crippen LogP contribution in [-0.2, 0) is 11.2 Å². The van der Waals surface area contributed by atoms with E-state index in [0.717, 1.165) is 32.5 Å². The molecule has 0 amide bonds. The van der Waals surface area contributed by atoms with Gasteiger partial charge in [-0.3, -0.25) is 0 Å². The summed E-state index contributed by atoms with van der Waals surface area (Å²) in [6, 6.07) is 0. The average Bonchev–Trinajstić information content (AvgIpc) is 2.85. The fourth-order valence-electron chi connectivity index (χ4n) is 1.58. The van der Waals surface area contributed by atoms with E-state index < -0.39 is 0 Å². The lowest BCUT2D eigenvalue weighted by Gasteiger charge is -2.02. The summed E-state index contributed by atoms with van der Waals surface area (Å²) >= 11 is 1.68. The molecule has 1 aromatic rings. The maximum atomic E-state index is 5.47. The van der Waals surface area contributed by atoms with Crippen molar-refractivity contribution in [2.75, 3.05) is 13.2 Å². The predicted octanol–water partition coefficient (Wildman–Crippen LogP) is 3.68. The van der Waals surface area contributed by atoms with E-state index in [1.54, 1.807) is 11.3 Å². The predicted molar refractivity (Wildman–Crippen MR) is 73.2 cm³/mol. The summed E-state index contributed by atoms with van der Waals surface area (Å²) in [5.41, 5.74) is 3.15. The quantitative estimate of drug-likeness (QED) is 0.493. The highest BCUT2D eigenvalue weighted by atomic mass is 32.1. The summed E-state index contributed by atoms with van der Waals surface area (Å²) < 4.78 is 5.47. The van der Waals surface area contributed by atoms with E-state index in [0.29, 0.717) is 0 Å². The van der Waals surface area contributed by atoms with Crippen molar-refractivity contribution in [2.45, 2.75) is 45.4 Å². The Bertz CT molecular complexity index is 324. The van der Waals surface area contributed by atoms with Gasteiger partial charge in [0.15, 0.2) is 0 Å². The second-order valence-electron chi connectivity index (χ2n) is 3.93. The molecular formula is C14H21NOS. The molecule has 1 heterocycles. The van der Waals surface area contributed by atoms with Crippen LogP contribution in [-0.4, -0.2) is 18.2 Å². The summed E-state index contributed by atoms with van der Waals surface area (Å²) in [6.07, 6.45) is 6.91. The van der Waals surface area contributed by atoms with Crippen molar-refractivity contribution in [3.05, 3.63) is 16.6 Å². The van der Waals surface area contributed by atoms with Crippen LogP contribution in [0.3, 0.4) is 0 Å². The third-order valence-corrected chi connectivity index (χ3v) is 3.14. The fourth-order valence-corrected chi connectivity index (χ4v) is 2.17. The van der Waals surface area contributed by atoms with Crippen LogP contribution in [0.2, 0.25) is 0 Å². The Hall–Kier alpha value is -0.850. The number of unbranched alkanes of at least 4 members (excludes halogenated alkanes) is 3. The van der Waals surface area contributed by atoms with E-state index in [2.05, 4.69) is 22.2 Å². The number of hydrogen-bond acceptors (Lipinski definition) is 3. The second kappa shape index (κ2) is 10.3. The molecule has 0 saturated heterocycles. The van der Waals surface area contributed by atoms with E-state index >= 15 is 0 Å². The molecule has 0 aliphatic heterocycles. The summed E-state index contributed by atoms with van der Waals surface area (Å²) in [5, 5.41) is 2.14. The zero-order valence-electron chi connectivity index (χ0n) is 10.6. The lowest BCUT2D eigenvalue weighted by Crippen LogP contribution is -1.96. The Morgan fingerprint density at radius 1 is 1.24 bits per heavy atom. The molecule has 0 radical (unpaired) electrons. The van der Waals surface area contributed by atoms with Gasteiger partial charge in [0, 0.05) is 18.4 Å². The van der Waals surface area contributed by atoms with E-state index in [-0.39, 0.29) is 0 Å². The molecule has 1 rings (SSSR count). The largest absolute Gasteiger partial charge is 0.380 e. The molecule has 0 aromatic carbocycles. The highest BCUT2D eigenvalue weighted by Crippen LogP contribution is 2.08. The summed E-state index contributed by atoms with van der Waals surface area (Å²) in [4.78, 5) is 4.27. The fraction of sp³-hybridized carbons (Fsp3) is 0.643. The summed E-state index contributed by atoms with van der Waals surface area (Å²) in [6.45, 7) is 3.52. The molecule has 0 aliphatic carbocycles. The molecule has 0 bridgehead atoms. The average molecular weight is 251 g/mol. The summed E-state index contributed by atoms with van der Waals surface area (Å²) in [7, 11) is 0. The van der Waals surface area contributed by atoms with Crippen LogP contribution >= 0.6 is 11.3 Å². The van der Waals surface area contributed by atoms with E-state index in [9.17, 15) is 0 Å². The first kappa shape index (κ1) is 14.2. The Morgan fingerprint density at radius 2 is 2.12 bits per heavy atom. The topological polar surface area (TPSA) is 22.1 Å². The lowest BCUT2D eigenvalue weighted by molar-refractivity contribution is 0.135. The smallest absolute Gasteiger partial charge is 0.0794 e. The van der Waals surface area contributed by atoms with Gasteiger partial charge in [-0.25, -0.2) is 4.98 Å². The number of nitrogens with zero attached hydrogens (tertiary/aromatic N) is 1. The van der Waals surface area contributed by atoms with Crippen LogP contribution in [0.15, 0.2) is 10.9 Å². The number of rotatable bonds is 9. The van der Waals surface area contributed by atoms with Gasteiger partial charge in [-0.05, 0) is 26.2 Å². The molecule has 1 aromatic heterocycles. The van der Waals surface area contributed by atoms with E-state index in [1.165, 1.54) is 25.0 Å². The van der Waals surface area contributed by atoms with Gasteiger partial charge in [-0.1, -0.05) is 12.8 Å². The second-order valence-corrected chi connectivity index (χ2v) is 4.65. The Labute approximate surface area is 108 Å². The molecule has 2 nitrogen and oxygen atoms in total. The first-order chi connectivity index (χ1) is 8.43. The van der Waals surface area contributed by atoms with Crippen molar-refractivity contribution >= 4 is 11.3 Å². The molecule has 0 N–H and O–H groups in total. The van der Waals surface area contributed by atoms with Crippen molar-refractivity contribution in [3.8, 4) is 11.8 Å². The van der Waals surface area contributed by atoms with Crippen molar-refractivity contribution in [2.24, 2.45) is 0 Å². The van der Waals surface area contributed by atoms with Crippen LogP contribution in [0.4, 0.5) is 0 Å². The molecule has 94 valence electrons. The zero-order valence-corrected chi connectivity index (χ0v) is 11.4. The van der Waals surface area contributed by atoms with Gasteiger partial charge in [0.1, 0.15) is 0 Å². The van der Waals surface area contributed by atoms with Crippen molar-refractivity contribution in [3.63, 3.8) is 0 Å². The number of ether oxygens (including phenoxy) is 1. The van der Waals surface area contributed by atoms with Gasteiger partial charge in [-0.2, -0.15) is 0 Å². The molecule has 0 unspecified atom stereocenters. The number of aryl methyl sites for hydroxylation is 1. The summed E-state index contributed by atoms with van der Waals surface area (Å²) in [5.74, 6) is 5.86. The van der Waals surface area contributed by atoms with Gasteiger partial charge < -0.3 is 4.74 Å². The van der Waals surface area contributed by atoms with Crippen molar-refractivity contribution in [1.82, 2.24) is 4.98 Å². The van der Waals surface area contributed by atoms with E-state index in [4.69, 9.17) is 4.74 Å². The van der Waals surface area contributed by atoms with Crippen molar-refractivity contribution in [1.29, 1.82) is 0 Å². The minimum Gasteiger partial charge on any atom is -0.380 e. The Balaban J connectivity index is 1.79. The molecule has 0 saturated carbocycles. The number of hydrogen-bond donors (Lipinski definition) is 0. The molecule has 0 fully saturated rings. The zero-order chi connectivity index (χ0) is 12.2. The number of thiazole rings is 1. The molecule has 17 heavy (non-hydrogen) atoms. The van der Waals surface area contributed by atoms with Crippen LogP contribution in [0.5, 0.6) is 0 Å². The first-order valence-electron chi connectivity index (χ1n) is 6.28. The third-order valence-electron chi connectivity index (χ3n) is 2.50. The molecule has 0 spiro atoms. The minimum absolute atomic E-state index is 0.777. The van der Waals surface area contributed by atoms with Gasteiger partial charge >= 0.3 is 0 Å². The highest BCUT2D eigenvalue weighted by molar-refractivity contribution is 7.07. The maximum Gasteiger partial charge on any atom is 0.0794 e. The molecular weight excluding hydrogens is 230 g/mol. The van der Waals surface area contributed by atoms with E-state index in [1.807, 2.05) is 12.4 Å². The van der Waals surface area contributed by atoms with Crippen LogP contribution < -0.4 is 0 Å². The normalized spacial score (nSPS) is 9.94. The Kier molecular flexibility index (Phi) is 8.62. The van der Waals surface area contributed by atoms with Crippen molar-refractivity contribution < 1.29 is 4.74 Å². The van der Waals surface area contributed by atoms with Crippen LogP contribution in [0.1, 0.15) is 44.7 Å². The third kappa shape index (κ3) is 7.95. The van der Waals surface area contributed by atoms with Gasteiger partial charge in [0.25, 0.3) is 0 Å². The standard InChI is InChI=1S/C14H21NOS/c1-2-3-7-10-16-11-8-5-4-6-9-14-12-17-13-15-14/h12-13H,4-11H2,1H3. The molecule has 0 aliphatic rings. The highest BCUT2D eigenvalue weighted by Gasteiger charge is 1.95. The van der Waals surface area contributed by atoms with Gasteiger partial charge in [0.2, 0.25) is 0 Å². The Morgan fingerprint density at radius 3 is 2.88 bits per heavy atom. The maximum absolute atomic E-state index is 5.47. The monoisotopic (exact) mass is 251 g/mol. The first-order valence-corrected chi connectivity index (χ1v) is 7.22. The van der Waals surface area contributed by atoms with Crippen LogP contribution in [0, 0.1) is 11.8 Å². The van der Waals surface area contributed by atoms with Gasteiger partial charge in [-0.15, -0.1) is 23.2 Å². The van der Waals surface area contributed by atoms with Gasteiger partial charge in [0.05, 0.1) is 17.8 Å².